The largest absolute Gasteiger partial charge is 0.396 e. The van der Waals surface area contributed by atoms with Crippen molar-refractivity contribution in [1.29, 1.82) is 0 Å². The molecule has 0 bridgehead atoms. The molecule has 0 unspecified atom stereocenters. The van der Waals surface area contributed by atoms with Crippen LogP contribution < -0.4 is 0 Å². The highest BCUT2D eigenvalue weighted by atomic mass is 32.2. The SMILES string of the molecule is CC(C)(C)C[C@H](CCO)CCCN1CCSCC1. The van der Waals surface area contributed by atoms with Gasteiger partial charge in [0.2, 0.25) is 0 Å². The Morgan fingerprint density at radius 2 is 1.83 bits per heavy atom. The van der Waals surface area contributed by atoms with Crippen LogP contribution in [-0.2, 0) is 0 Å². The van der Waals surface area contributed by atoms with E-state index in [-0.39, 0.29) is 0 Å². The molecule has 0 radical (unpaired) electrons. The fourth-order valence-corrected chi connectivity index (χ4v) is 3.80. The standard InChI is InChI=1S/C15H31NOS/c1-15(2,3)13-14(6-10-17)5-4-7-16-8-11-18-12-9-16/h14,17H,4-13H2,1-3H3/t14-/m0/s1. The quantitative estimate of drug-likeness (QED) is 0.770. The maximum absolute atomic E-state index is 9.17. The third-order valence-electron chi connectivity index (χ3n) is 3.63. The molecule has 1 aliphatic heterocycles. The molecule has 1 fully saturated rings. The molecule has 18 heavy (non-hydrogen) atoms. The first kappa shape index (κ1) is 16.3. The first-order valence-electron chi connectivity index (χ1n) is 7.42. The maximum atomic E-state index is 9.17. The van der Waals surface area contributed by atoms with E-state index in [0.29, 0.717) is 17.9 Å². The Kier molecular flexibility index (Phi) is 7.66. The number of aliphatic hydroxyl groups excluding tert-OH is 1. The van der Waals surface area contributed by atoms with Crippen molar-refractivity contribution < 1.29 is 5.11 Å². The molecular weight excluding hydrogens is 242 g/mol. The smallest absolute Gasteiger partial charge is 0.0433 e. The zero-order valence-corrected chi connectivity index (χ0v) is 13.3. The van der Waals surface area contributed by atoms with Gasteiger partial charge in [-0.2, -0.15) is 11.8 Å². The van der Waals surface area contributed by atoms with E-state index in [1.807, 2.05) is 0 Å². The molecule has 0 saturated carbocycles. The molecule has 108 valence electrons. The molecule has 1 aliphatic rings. The lowest BCUT2D eigenvalue weighted by Gasteiger charge is -2.28. The summed E-state index contributed by atoms with van der Waals surface area (Å²) in [4.78, 5) is 2.60. The van der Waals surface area contributed by atoms with Gasteiger partial charge < -0.3 is 10.0 Å². The first-order chi connectivity index (χ1) is 8.51. The van der Waals surface area contributed by atoms with Crippen LogP contribution in [0.4, 0.5) is 0 Å². The molecule has 0 aliphatic carbocycles. The minimum Gasteiger partial charge on any atom is -0.396 e. The Morgan fingerprint density at radius 1 is 1.17 bits per heavy atom. The summed E-state index contributed by atoms with van der Waals surface area (Å²) >= 11 is 2.08. The van der Waals surface area contributed by atoms with Gasteiger partial charge in [-0.3, -0.25) is 0 Å². The monoisotopic (exact) mass is 273 g/mol. The topological polar surface area (TPSA) is 23.5 Å². The molecule has 0 amide bonds. The molecule has 0 spiro atoms. The highest BCUT2D eigenvalue weighted by Gasteiger charge is 2.18. The van der Waals surface area contributed by atoms with Crippen molar-refractivity contribution in [3.05, 3.63) is 0 Å². The van der Waals surface area contributed by atoms with Crippen LogP contribution in [0.25, 0.3) is 0 Å². The molecule has 1 heterocycles. The minimum absolute atomic E-state index is 0.348. The summed E-state index contributed by atoms with van der Waals surface area (Å²) in [6, 6.07) is 0. The van der Waals surface area contributed by atoms with Crippen LogP contribution in [0.5, 0.6) is 0 Å². The molecule has 0 aromatic carbocycles. The van der Waals surface area contributed by atoms with E-state index in [9.17, 15) is 0 Å². The van der Waals surface area contributed by atoms with Crippen LogP contribution in [0, 0.1) is 11.3 Å². The molecular formula is C15H31NOS. The van der Waals surface area contributed by atoms with Gasteiger partial charge in [0.1, 0.15) is 0 Å². The van der Waals surface area contributed by atoms with Crippen molar-refractivity contribution in [2.75, 3.05) is 37.7 Å². The average molecular weight is 273 g/mol. The van der Waals surface area contributed by atoms with Crippen LogP contribution in [0.2, 0.25) is 0 Å². The third kappa shape index (κ3) is 7.65. The van der Waals surface area contributed by atoms with Crippen LogP contribution in [0.3, 0.4) is 0 Å². The number of hydrogen-bond donors (Lipinski definition) is 1. The van der Waals surface area contributed by atoms with Crippen LogP contribution in [0.15, 0.2) is 0 Å². The molecule has 1 N–H and O–H groups in total. The molecule has 0 aromatic heterocycles. The number of rotatable bonds is 7. The van der Waals surface area contributed by atoms with Gasteiger partial charge in [0.25, 0.3) is 0 Å². The van der Waals surface area contributed by atoms with Gasteiger partial charge in [0.05, 0.1) is 0 Å². The summed E-state index contributed by atoms with van der Waals surface area (Å²) in [7, 11) is 0. The minimum atomic E-state index is 0.348. The van der Waals surface area contributed by atoms with Crippen molar-refractivity contribution in [1.82, 2.24) is 4.90 Å². The molecule has 1 rings (SSSR count). The Labute approximate surface area is 118 Å². The van der Waals surface area contributed by atoms with E-state index in [4.69, 9.17) is 5.11 Å². The summed E-state index contributed by atoms with van der Waals surface area (Å²) in [6.45, 7) is 11.1. The molecule has 3 heteroatoms. The number of aliphatic hydroxyl groups is 1. The van der Waals surface area contributed by atoms with Crippen molar-refractivity contribution >= 4 is 11.8 Å². The van der Waals surface area contributed by atoms with Gasteiger partial charge in [-0.1, -0.05) is 20.8 Å². The van der Waals surface area contributed by atoms with E-state index >= 15 is 0 Å². The molecule has 0 aromatic rings. The average Bonchev–Trinajstić information content (AvgIpc) is 2.28. The van der Waals surface area contributed by atoms with Crippen LogP contribution >= 0.6 is 11.8 Å². The van der Waals surface area contributed by atoms with E-state index in [1.165, 1.54) is 50.4 Å². The first-order valence-corrected chi connectivity index (χ1v) is 8.58. The van der Waals surface area contributed by atoms with E-state index in [2.05, 4.69) is 37.4 Å². The molecule has 1 atom stereocenters. The van der Waals surface area contributed by atoms with Crippen molar-refractivity contribution in [2.45, 2.75) is 46.5 Å². The Balaban J connectivity index is 2.19. The molecule has 1 saturated heterocycles. The van der Waals surface area contributed by atoms with Crippen molar-refractivity contribution in [3.63, 3.8) is 0 Å². The van der Waals surface area contributed by atoms with E-state index in [0.717, 1.165) is 6.42 Å². The number of nitrogens with zero attached hydrogens (tertiary/aromatic N) is 1. The summed E-state index contributed by atoms with van der Waals surface area (Å²) in [5.74, 6) is 3.32. The second-order valence-corrected chi connectivity index (χ2v) is 7.96. The van der Waals surface area contributed by atoms with Crippen LogP contribution in [-0.4, -0.2) is 47.8 Å². The predicted octanol–water partition coefficient (Wildman–Crippen LogP) is 3.25. The molecule has 2 nitrogen and oxygen atoms in total. The lowest BCUT2D eigenvalue weighted by atomic mass is 9.81. The number of thioether (sulfide) groups is 1. The van der Waals surface area contributed by atoms with Gasteiger partial charge in [-0.25, -0.2) is 0 Å². The summed E-state index contributed by atoms with van der Waals surface area (Å²) in [6.07, 6.45) is 4.80. The Morgan fingerprint density at radius 3 is 2.39 bits per heavy atom. The van der Waals surface area contributed by atoms with Gasteiger partial charge in [-0.05, 0) is 43.6 Å². The van der Waals surface area contributed by atoms with Gasteiger partial charge in [-0.15, -0.1) is 0 Å². The maximum Gasteiger partial charge on any atom is 0.0433 e. The summed E-state index contributed by atoms with van der Waals surface area (Å²) in [5.41, 5.74) is 0.390. The highest BCUT2D eigenvalue weighted by Crippen LogP contribution is 2.29. The predicted molar refractivity (Wildman–Crippen MR) is 82.3 cm³/mol. The fraction of sp³-hybridized carbons (Fsp3) is 1.00. The highest BCUT2D eigenvalue weighted by molar-refractivity contribution is 7.99. The second kappa shape index (κ2) is 8.44. The Hall–Kier alpha value is 0.270. The zero-order valence-electron chi connectivity index (χ0n) is 12.5. The Bertz CT molecular complexity index is 209. The van der Waals surface area contributed by atoms with E-state index in [1.54, 1.807) is 0 Å². The summed E-state index contributed by atoms with van der Waals surface area (Å²) < 4.78 is 0. The lowest BCUT2D eigenvalue weighted by Crippen LogP contribution is -2.33. The van der Waals surface area contributed by atoms with Crippen molar-refractivity contribution in [3.8, 4) is 0 Å². The van der Waals surface area contributed by atoms with Crippen LogP contribution in [0.1, 0.15) is 46.5 Å². The van der Waals surface area contributed by atoms with Crippen molar-refractivity contribution in [2.24, 2.45) is 11.3 Å². The summed E-state index contributed by atoms with van der Waals surface area (Å²) in [5, 5.41) is 9.17. The normalized spacial score (nSPS) is 20.0. The van der Waals surface area contributed by atoms with Gasteiger partial charge >= 0.3 is 0 Å². The fourth-order valence-electron chi connectivity index (χ4n) is 2.83. The lowest BCUT2D eigenvalue weighted by molar-refractivity contribution is 0.200. The van der Waals surface area contributed by atoms with E-state index < -0.39 is 0 Å². The third-order valence-corrected chi connectivity index (χ3v) is 4.57. The zero-order chi connectivity index (χ0) is 13.4. The van der Waals surface area contributed by atoms with Gasteiger partial charge in [0, 0.05) is 31.2 Å². The number of hydrogen-bond acceptors (Lipinski definition) is 3. The van der Waals surface area contributed by atoms with Gasteiger partial charge in [0.15, 0.2) is 0 Å². The second-order valence-electron chi connectivity index (χ2n) is 6.74.